The van der Waals surface area contributed by atoms with E-state index in [-0.39, 0.29) is 10.9 Å². The maximum atomic E-state index is 12.4. The summed E-state index contributed by atoms with van der Waals surface area (Å²) in [6.45, 7) is 0. The summed E-state index contributed by atoms with van der Waals surface area (Å²) in [5, 5.41) is 0. The summed E-state index contributed by atoms with van der Waals surface area (Å²) >= 11 is -4.05. The van der Waals surface area contributed by atoms with Crippen LogP contribution < -0.4 is 4.46 Å². The molecule has 0 heterocycles. The topological polar surface area (TPSA) is 43.4 Å². The fraction of sp³-hybridized carbons (Fsp3) is 0.500. The molecule has 1 fully saturated rings. The molecule has 0 saturated heterocycles. The molecule has 2 atom stereocenters. The second kappa shape index (κ2) is 4.66. The molecule has 4 heteroatoms. The van der Waals surface area contributed by atoms with Crippen molar-refractivity contribution in [1.82, 2.24) is 0 Å². The van der Waals surface area contributed by atoms with Gasteiger partial charge in [0.2, 0.25) is 0 Å². The molecule has 0 aromatic heterocycles. The molecule has 88 valence electrons. The molecule has 0 aliphatic heterocycles. The summed E-state index contributed by atoms with van der Waals surface area (Å²) in [5.41, 5.74) is 0. The zero-order chi connectivity index (χ0) is 11.6. The Balaban J connectivity index is 2.33. The quantitative estimate of drug-likeness (QED) is 0.796. The van der Waals surface area contributed by atoms with Crippen LogP contribution in [0.25, 0.3) is 0 Å². The zero-order valence-corrected chi connectivity index (χ0v) is 11.0. The molecule has 1 aliphatic carbocycles. The Bertz CT molecular complexity index is 439. The standard InChI is InChI=1S/C12H16O3Se/c1-15-11-8-5-9-12(11)16(13,14)10-6-3-2-4-7-10/h2-4,6-7,11-12H,5,8-9H2,1H3/t11-,12-/m1/s1. The van der Waals surface area contributed by atoms with E-state index in [1.165, 1.54) is 0 Å². The van der Waals surface area contributed by atoms with Crippen LogP contribution in [0.2, 0.25) is 4.82 Å². The molecule has 1 aromatic rings. The minimum atomic E-state index is -4.05. The van der Waals surface area contributed by atoms with E-state index in [0.717, 1.165) is 19.3 Å². The molecule has 0 unspecified atom stereocenters. The van der Waals surface area contributed by atoms with Crippen LogP contribution >= 0.6 is 0 Å². The van der Waals surface area contributed by atoms with E-state index in [0.29, 0.717) is 4.46 Å². The van der Waals surface area contributed by atoms with Crippen LogP contribution in [0.15, 0.2) is 30.3 Å². The van der Waals surface area contributed by atoms with Crippen molar-refractivity contribution in [3.63, 3.8) is 0 Å². The van der Waals surface area contributed by atoms with E-state index in [9.17, 15) is 7.67 Å². The van der Waals surface area contributed by atoms with E-state index in [4.69, 9.17) is 4.74 Å². The van der Waals surface area contributed by atoms with Gasteiger partial charge >= 0.3 is 97.2 Å². The average Bonchev–Trinajstić information content (AvgIpc) is 2.79. The third-order valence-electron chi connectivity index (χ3n) is 3.17. The van der Waals surface area contributed by atoms with Crippen LogP contribution in [0.5, 0.6) is 0 Å². The van der Waals surface area contributed by atoms with Gasteiger partial charge in [0, 0.05) is 0 Å². The van der Waals surface area contributed by atoms with Crippen molar-refractivity contribution in [3.05, 3.63) is 30.3 Å². The molecular formula is C12H16O3Se. The van der Waals surface area contributed by atoms with Crippen LogP contribution in [0.4, 0.5) is 0 Å². The number of benzene rings is 1. The van der Waals surface area contributed by atoms with Crippen LogP contribution in [-0.4, -0.2) is 25.9 Å². The number of rotatable bonds is 3. The third kappa shape index (κ3) is 2.05. The molecule has 0 radical (unpaired) electrons. The van der Waals surface area contributed by atoms with Gasteiger partial charge in [0.15, 0.2) is 0 Å². The molecule has 2 rings (SSSR count). The fourth-order valence-corrected chi connectivity index (χ4v) is 6.52. The van der Waals surface area contributed by atoms with Crippen LogP contribution in [-0.2, 0) is 12.4 Å². The number of ether oxygens (including phenoxy) is 1. The van der Waals surface area contributed by atoms with Crippen LogP contribution in [0, 0.1) is 0 Å². The van der Waals surface area contributed by atoms with Gasteiger partial charge in [-0.05, 0) is 0 Å². The molecule has 0 spiro atoms. The molecule has 1 saturated carbocycles. The van der Waals surface area contributed by atoms with Gasteiger partial charge in [-0.1, -0.05) is 0 Å². The second-order valence-electron chi connectivity index (χ2n) is 4.10. The van der Waals surface area contributed by atoms with Crippen molar-refractivity contribution in [2.45, 2.75) is 30.2 Å². The first-order valence-corrected chi connectivity index (χ1v) is 8.72. The van der Waals surface area contributed by atoms with Crippen molar-refractivity contribution in [2.75, 3.05) is 7.11 Å². The van der Waals surface area contributed by atoms with E-state index in [2.05, 4.69) is 0 Å². The van der Waals surface area contributed by atoms with Gasteiger partial charge in [-0.25, -0.2) is 0 Å². The minimum absolute atomic E-state index is 0.116. The Kier molecular flexibility index (Phi) is 3.43. The first-order valence-electron chi connectivity index (χ1n) is 5.48. The van der Waals surface area contributed by atoms with Gasteiger partial charge in [0.1, 0.15) is 0 Å². The Hall–Kier alpha value is -0.701. The molecule has 0 amide bonds. The normalized spacial score (nSPS) is 25.8. The number of hydrogen-bond acceptors (Lipinski definition) is 3. The first kappa shape index (κ1) is 11.8. The summed E-state index contributed by atoms with van der Waals surface area (Å²) in [6.07, 6.45) is 2.42. The number of methoxy groups -OCH3 is 1. The van der Waals surface area contributed by atoms with Crippen molar-refractivity contribution in [3.8, 4) is 0 Å². The summed E-state index contributed by atoms with van der Waals surface area (Å²) < 4.78 is 30.5. The van der Waals surface area contributed by atoms with E-state index in [1.807, 2.05) is 6.07 Å². The SMILES string of the molecule is CO[C@@H]1CCC[C@H]1[Se](=O)(=O)c1ccccc1. The number of hydrogen-bond donors (Lipinski definition) is 0. The van der Waals surface area contributed by atoms with Crippen LogP contribution in [0.1, 0.15) is 19.3 Å². The predicted octanol–water partition coefficient (Wildman–Crippen LogP) is 1.77. The predicted molar refractivity (Wildman–Crippen MR) is 61.6 cm³/mol. The fourth-order valence-electron chi connectivity index (χ4n) is 2.30. The van der Waals surface area contributed by atoms with Gasteiger partial charge in [0.25, 0.3) is 0 Å². The maximum absolute atomic E-state index is 12.4. The monoisotopic (exact) mass is 288 g/mol. The van der Waals surface area contributed by atoms with Crippen LogP contribution in [0.3, 0.4) is 0 Å². The Morgan fingerprint density at radius 2 is 1.88 bits per heavy atom. The molecular weight excluding hydrogens is 271 g/mol. The Labute approximate surface area is 97.4 Å². The van der Waals surface area contributed by atoms with Crippen molar-refractivity contribution >= 4 is 17.2 Å². The second-order valence-corrected chi connectivity index (χ2v) is 8.65. The van der Waals surface area contributed by atoms with Gasteiger partial charge in [0.05, 0.1) is 0 Å². The Morgan fingerprint density at radius 3 is 2.50 bits per heavy atom. The Morgan fingerprint density at radius 1 is 1.19 bits per heavy atom. The van der Waals surface area contributed by atoms with Crippen molar-refractivity contribution in [1.29, 1.82) is 0 Å². The van der Waals surface area contributed by atoms with E-state index >= 15 is 0 Å². The molecule has 0 bridgehead atoms. The van der Waals surface area contributed by atoms with E-state index < -0.39 is 12.7 Å². The molecule has 0 N–H and O–H groups in total. The molecule has 1 aromatic carbocycles. The molecule has 3 nitrogen and oxygen atoms in total. The average molecular weight is 287 g/mol. The summed E-state index contributed by atoms with van der Waals surface area (Å²) in [7, 11) is 1.60. The summed E-state index contributed by atoms with van der Waals surface area (Å²) in [4.78, 5) is -0.302. The molecule has 1 aliphatic rings. The first-order chi connectivity index (χ1) is 7.66. The van der Waals surface area contributed by atoms with E-state index in [1.54, 1.807) is 31.4 Å². The third-order valence-corrected chi connectivity index (χ3v) is 7.92. The van der Waals surface area contributed by atoms with Crippen molar-refractivity contribution < 1.29 is 12.4 Å². The van der Waals surface area contributed by atoms with Gasteiger partial charge in [-0.15, -0.1) is 0 Å². The zero-order valence-electron chi connectivity index (χ0n) is 9.30. The molecule has 16 heavy (non-hydrogen) atoms. The van der Waals surface area contributed by atoms with Gasteiger partial charge < -0.3 is 0 Å². The summed E-state index contributed by atoms with van der Waals surface area (Å²) in [6, 6.07) is 8.75. The summed E-state index contributed by atoms with van der Waals surface area (Å²) in [5.74, 6) is 0. The van der Waals surface area contributed by atoms with Gasteiger partial charge in [-0.3, -0.25) is 0 Å². The van der Waals surface area contributed by atoms with Gasteiger partial charge in [-0.2, -0.15) is 0 Å². The van der Waals surface area contributed by atoms with Crippen molar-refractivity contribution in [2.24, 2.45) is 0 Å².